The van der Waals surface area contributed by atoms with Gasteiger partial charge in [0.2, 0.25) is 11.9 Å². The molecule has 0 aliphatic heterocycles. The van der Waals surface area contributed by atoms with E-state index in [1.165, 1.54) is 0 Å². The fraction of sp³-hybridized carbons (Fsp3) is 0. The Kier molecular flexibility index (Phi) is 6.65. The Labute approximate surface area is 308 Å². The molecule has 0 N–H and O–H groups in total. The van der Waals surface area contributed by atoms with Gasteiger partial charge in [0, 0.05) is 34.9 Å². The highest BCUT2D eigenvalue weighted by atomic mass is 15.3. The van der Waals surface area contributed by atoms with Crippen molar-refractivity contribution in [1.82, 2.24) is 43.2 Å². The average molecular weight is 696 g/mol. The Morgan fingerprint density at radius 2 is 0.741 bits per heavy atom. The lowest BCUT2D eigenvalue weighted by atomic mass is 10.1. The summed E-state index contributed by atoms with van der Waals surface area (Å²) in [5.41, 5.74) is 12.7. The first-order valence-electron chi connectivity index (χ1n) is 17.8. The van der Waals surface area contributed by atoms with Gasteiger partial charge in [-0.3, -0.25) is 28.2 Å². The molecule has 9 heteroatoms. The van der Waals surface area contributed by atoms with Gasteiger partial charge in [0.15, 0.2) is 0 Å². The van der Waals surface area contributed by atoms with Crippen LogP contribution in [0.1, 0.15) is 0 Å². The van der Waals surface area contributed by atoms with Crippen molar-refractivity contribution in [2.24, 2.45) is 0 Å². The SMILES string of the molecule is c1ccc(-c2cnc(-n3c4cccnc4c4nc5c6ncccc6n(-c6ncc(-c7ccccc7)n6-c6ccccc6)c5cc43)n2-c2ccccc2)cc1. The molecule has 0 saturated carbocycles. The van der Waals surface area contributed by atoms with Crippen LogP contribution >= 0.6 is 0 Å². The van der Waals surface area contributed by atoms with E-state index in [1.54, 1.807) is 0 Å². The summed E-state index contributed by atoms with van der Waals surface area (Å²) in [6.07, 6.45) is 7.53. The van der Waals surface area contributed by atoms with Crippen LogP contribution in [0.3, 0.4) is 0 Å². The van der Waals surface area contributed by atoms with Gasteiger partial charge in [0.05, 0.1) is 45.8 Å². The van der Waals surface area contributed by atoms with Crippen molar-refractivity contribution in [3.63, 3.8) is 0 Å². The smallest absolute Gasteiger partial charge is 0.220 e. The summed E-state index contributed by atoms with van der Waals surface area (Å²) in [5, 5.41) is 0. The summed E-state index contributed by atoms with van der Waals surface area (Å²) in [5.74, 6) is 1.46. The minimum atomic E-state index is 0.729. The normalized spacial score (nSPS) is 11.7. The van der Waals surface area contributed by atoms with Gasteiger partial charge in [0.25, 0.3) is 0 Å². The number of hydrogen-bond donors (Lipinski definition) is 0. The van der Waals surface area contributed by atoms with Crippen molar-refractivity contribution >= 4 is 44.1 Å². The molecule has 11 aromatic rings. The highest BCUT2D eigenvalue weighted by molar-refractivity contribution is 6.13. The fourth-order valence-electron chi connectivity index (χ4n) is 7.68. The van der Waals surface area contributed by atoms with Gasteiger partial charge in [-0.2, -0.15) is 0 Å². The third-order valence-corrected chi connectivity index (χ3v) is 10.0. The Morgan fingerprint density at radius 1 is 0.333 bits per heavy atom. The maximum Gasteiger partial charge on any atom is 0.220 e. The summed E-state index contributed by atoms with van der Waals surface area (Å²) in [6.45, 7) is 0. The third-order valence-electron chi connectivity index (χ3n) is 10.0. The van der Waals surface area contributed by atoms with Crippen molar-refractivity contribution in [3.05, 3.63) is 176 Å². The van der Waals surface area contributed by atoms with Crippen LogP contribution in [-0.4, -0.2) is 43.2 Å². The molecule has 9 nitrogen and oxygen atoms in total. The number of para-hydroxylation sites is 2. The van der Waals surface area contributed by atoms with Crippen molar-refractivity contribution < 1.29 is 0 Å². The fourth-order valence-corrected chi connectivity index (χ4v) is 7.68. The van der Waals surface area contributed by atoms with E-state index in [-0.39, 0.29) is 0 Å². The van der Waals surface area contributed by atoms with Crippen LogP contribution in [0.15, 0.2) is 176 Å². The average Bonchev–Trinajstić information content (AvgIpc) is 4.02. The summed E-state index contributed by atoms with van der Waals surface area (Å²) >= 11 is 0. The van der Waals surface area contributed by atoms with E-state index >= 15 is 0 Å². The van der Waals surface area contributed by atoms with Crippen molar-refractivity contribution in [3.8, 4) is 45.8 Å². The minimum Gasteiger partial charge on any atom is -0.278 e. The second kappa shape index (κ2) is 12.0. The molecule has 7 aromatic heterocycles. The lowest BCUT2D eigenvalue weighted by molar-refractivity contribution is 0.935. The number of hydrogen-bond acceptors (Lipinski definition) is 5. The van der Waals surface area contributed by atoms with Crippen LogP contribution < -0.4 is 0 Å². The largest absolute Gasteiger partial charge is 0.278 e. The van der Waals surface area contributed by atoms with Crippen LogP contribution in [-0.2, 0) is 0 Å². The monoisotopic (exact) mass is 695 g/mol. The predicted octanol–water partition coefficient (Wildman–Crippen LogP) is 9.77. The number of fused-ring (bicyclic) bond motifs is 6. The first kappa shape index (κ1) is 30.0. The summed E-state index contributed by atoms with van der Waals surface area (Å²) < 4.78 is 8.77. The Bertz CT molecular complexity index is 2930. The van der Waals surface area contributed by atoms with E-state index in [4.69, 9.17) is 24.9 Å². The van der Waals surface area contributed by atoms with Crippen molar-refractivity contribution in [1.29, 1.82) is 0 Å². The van der Waals surface area contributed by atoms with Crippen LogP contribution in [0.25, 0.3) is 89.9 Å². The molecule has 0 radical (unpaired) electrons. The molecule has 0 bridgehead atoms. The van der Waals surface area contributed by atoms with E-state index in [1.807, 2.05) is 61.2 Å². The van der Waals surface area contributed by atoms with Gasteiger partial charge >= 0.3 is 0 Å². The molecule has 254 valence electrons. The molecule has 0 saturated heterocycles. The molecule has 0 spiro atoms. The summed E-state index contributed by atoms with van der Waals surface area (Å²) in [6, 6.07) is 51.7. The maximum atomic E-state index is 5.42. The highest BCUT2D eigenvalue weighted by Gasteiger charge is 2.26. The van der Waals surface area contributed by atoms with Gasteiger partial charge in [0.1, 0.15) is 22.1 Å². The number of rotatable bonds is 6. The zero-order valence-electron chi connectivity index (χ0n) is 28.8. The minimum absolute atomic E-state index is 0.729. The number of pyridine rings is 3. The van der Waals surface area contributed by atoms with E-state index < -0.39 is 0 Å². The van der Waals surface area contributed by atoms with Crippen LogP contribution in [0.2, 0.25) is 0 Å². The number of benzene rings is 4. The topological polar surface area (TPSA) is 84.2 Å². The second-order valence-corrected chi connectivity index (χ2v) is 13.1. The third kappa shape index (κ3) is 4.48. The first-order chi connectivity index (χ1) is 26.8. The van der Waals surface area contributed by atoms with Crippen LogP contribution in [0.4, 0.5) is 0 Å². The first-order valence-corrected chi connectivity index (χ1v) is 17.8. The molecule has 0 aliphatic carbocycles. The molecule has 54 heavy (non-hydrogen) atoms. The van der Waals surface area contributed by atoms with Gasteiger partial charge in [-0.05, 0) is 54.6 Å². The molecule has 0 fully saturated rings. The van der Waals surface area contributed by atoms with Gasteiger partial charge in [-0.25, -0.2) is 15.0 Å². The summed E-state index contributed by atoms with van der Waals surface area (Å²) in [4.78, 5) is 25.5. The molecule has 0 aliphatic rings. The molecule has 0 atom stereocenters. The van der Waals surface area contributed by atoms with Gasteiger partial charge in [-0.15, -0.1) is 0 Å². The van der Waals surface area contributed by atoms with Crippen molar-refractivity contribution in [2.45, 2.75) is 0 Å². The highest BCUT2D eigenvalue weighted by Crippen LogP contribution is 2.38. The van der Waals surface area contributed by atoms with E-state index in [9.17, 15) is 0 Å². The molecule has 11 rings (SSSR count). The van der Waals surface area contributed by atoms with E-state index in [0.29, 0.717) is 0 Å². The lowest BCUT2D eigenvalue weighted by Crippen LogP contribution is -2.08. The Hall–Kier alpha value is -7.65. The molecular formula is C45H29N9. The number of imidazole rings is 2. The van der Waals surface area contributed by atoms with Crippen LogP contribution in [0.5, 0.6) is 0 Å². The van der Waals surface area contributed by atoms with E-state index in [2.05, 4.69) is 134 Å². The standard InChI is InChI=1S/C45H29N9/c1-5-15-30(16-6-1)38-28-48-44(51(38)32-19-9-3-10-20-32)53-34-23-13-25-46-40(34)42-36(53)27-37-43(50-42)41-35(24-14-26-47-41)54(37)45-49-29-39(31-17-7-2-8-18-31)52(45)33-21-11-4-12-22-33/h1-29H. The zero-order valence-corrected chi connectivity index (χ0v) is 28.8. The second-order valence-electron chi connectivity index (χ2n) is 13.1. The lowest BCUT2D eigenvalue weighted by Gasteiger charge is -2.15. The molecule has 0 amide bonds. The van der Waals surface area contributed by atoms with Gasteiger partial charge in [-0.1, -0.05) is 97.1 Å². The Morgan fingerprint density at radius 3 is 1.17 bits per heavy atom. The quantitative estimate of drug-likeness (QED) is 0.173. The Balaban J connectivity index is 1.26. The van der Waals surface area contributed by atoms with Crippen molar-refractivity contribution in [2.75, 3.05) is 0 Å². The molecular weight excluding hydrogens is 667 g/mol. The maximum absolute atomic E-state index is 5.42. The molecule has 0 unspecified atom stereocenters. The van der Waals surface area contributed by atoms with Crippen LogP contribution in [0, 0.1) is 0 Å². The predicted molar refractivity (Wildman–Crippen MR) is 214 cm³/mol. The summed E-state index contributed by atoms with van der Waals surface area (Å²) in [7, 11) is 0. The molecule has 4 aromatic carbocycles. The van der Waals surface area contributed by atoms with Gasteiger partial charge < -0.3 is 0 Å². The molecule has 7 heterocycles. The number of aromatic nitrogens is 9. The number of nitrogens with zero attached hydrogens (tertiary/aromatic N) is 9. The van der Waals surface area contributed by atoms with E-state index in [0.717, 1.165) is 89.9 Å². The zero-order chi connectivity index (χ0) is 35.6.